The molecule has 6 heteroatoms. The number of aldehydes is 1. The van der Waals surface area contributed by atoms with Gasteiger partial charge in [0.1, 0.15) is 5.69 Å². The number of methoxy groups -OCH3 is 1. The Hall–Kier alpha value is -2.63. The van der Waals surface area contributed by atoms with Gasteiger partial charge in [0, 0.05) is 17.4 Å². The molecule has 0 atom stereocenters. The zero-order valence-electron chi connectivity index (χ0n) is 13.2. The molecule has 0 unspecified atom stereocenters. The van der Waals surface area contributed by atoms with Crippen LogP contribution >= 0.6 is 0 Å². The minimum atomic E-state index is -0.464. The summed E-state index contributed by atoms with van der Waals surface area (Å²) in [5, 5.41) is 0.794. The van der Waals surface area contributed by atoms with Crippen LogP contribution < -0.4 is 0 Å². The fraction of sp³-hybridized carbons (Fsp3) is 0.353. The summed E-state index contributed by atoms with van der Waals surface area (Å²) < 4.78 is 9.70. The molecule has 0 aliphatic carbocycles. The molecule has 0 saturated heterocycles. The SMILES string of the molecule is CCOC(=O)c1[nH]c2c(C=O)cccc2c1CCCC(=O)OC. The Balaban J connectivity index is 2.41. The standard InChI is InChI=1S/C17H19NO5/c1-3-23-17(21)16-13(8-5-9-14(20)22-2)12-7-4-6-11(10-19)15(12)18-16/h4,6-7,10,18H,3,5,8-9H2,1-2H3. The Morgan fingerprint density at radius 3 is 2.74 bits per heavy atom. The fourth-order valence-electron chi connectivity index (χ4n) is 2.54. The molecule has 1 aromatic carbocycles. The molecule has 6 nitrogen and oxygen atoms in total. The molecule has 0 radical (unpaired) electrons. The van der Waals surface area contributed by atoms with Crippen LogP contribution in [-0.2, 0) is 20.7 Å². The van der Waals surface area contributed by atoms with E-state index >= 15 is 0 Å². The maximum absolute atomic E-state index is 12.2. The molecule has 0 aliphatic rings. The quantitative estimate of drug-likeness (QED) is 0.627. The molecule has 122 valence electrons. The summed E-state index contributed by atoms with van der Waals surface area (Å²) in [7, 11) is 1.34. The largest absolute Gasteiger partial charge is 0.469 e. The highest BCUT2D eigenvalue weighted by Crippen LogP contribution is 2.27. The van der Waals surface area contributed by atoms with Gasteiger partial charge in [-0.15, -0.1) is 0 Å². The maximum Gasteiger partial charge on any atom is 0.355 e. The van der Waals surface area contributed by atoms with E-state index < -0.39 is 5.97 Å². The summed E-state index contributed by atoms with van der Waals surface area (Å²) in [5.41, 5.74) is 2.18. The number of hydrogen-bond acceptors (Lipinski definition) is 5. The van der Waals surface area contributed by atoms with E-state index in [9.17, 15) is 14.4 Å². The van der Waals surface area contributed by atoms with Crippen LogP contribution in [0.3, 0.4) is 0 Å². The van der Waals surface area contributed by atoms with Crippen LogP contribution in [0.15, 0.2) is 18.2 Å². The lowest BCUT2D eigenvalue weighted by Crippen LogP contribution is -2.08. The van der Waals surface area contributed by atoms with Crippen LogP contribution in [0.25, 0.3) is 10.9 Å². The highest BCUT2D eigenvalue weighted by Gasteiger charge is 2.20. The first-order valence-corrected chi connectivity index (χ1v) is 7.45. The number of ether oxygens (including phenoxy) is 2. The van der Waals surface area contributed by atoms with Gasteiger partial charge in [0.25, 0.3) is 0 Å². The number of benzene rings is 1. The van der Waals surface area contributed by atoms with E-state index in [1.165, 1.54) is 7.11 Å². The zero-order valence-corrected chi connectivity index (χ0v) is 13.2. The Morgan fingerprint density at radius 1 is 1.30 bits per heavy atom. The highest BCUT2D eigenvalue weighted by atomic mass is 16.5. The average molecular weight is 317 g/mol. The predicted molar refractivity (Wildman–Crippen MR) is 84.6 cm³/mol. The number of H-pyrrole nitrogens is 1. The number of hydrogen-bond donors (Lipinski definition) is 1. The van der Waals surface area contributed by atoms with Gasteiger partial charge < -0.3 is 14.5 Å². The van der Waals surface area contributed by atoms with Gasteiger partial charge in [0.2, 0.25) is 0 Å². The van der Waals surface area contributed by atoms with E-state index in [1.54, 1.807) is 19.1 Å². The third-order valence-corrected chi connectivity index (χ3v) is 3.62. The summed E-state index contributed by atoms with van der Waals surface area (Å²) in [6.07, 6.45) is 2.05. The Kier molecular flexibility index (Phi) is 5.51. The van der Waals surface area contributed by atoms with Crippen molar-refractivity contribution in [3.05, 3.63) is 35.0 Å². The minimum Gasteiger partial charge on any atom is -0.469 e. The monoisotopic (exact) mass is 317 g/mol. The fourth-order valence-corrected chi connectivity index (χ4v) is 2.54. The molecular weight excluding hydrogens is 298 g/mol. The topological polar surface area (TPSA) is 85.5 Å². The van der Waals surface area contributed by atoms with Crippen molar-refractivity contribution in [2.75, 3.05) is 13.7 Å². The maximum atomic E-state index is 12.2. The summed E-state index contributed by atoms with van der Waals surface area (Å²) >= 11 is 0. The number of aromatic nitrogens is 1. The normalized spacial score (nSPS) is 10.5. The smallest absolute Gasteiger partial charge is 0.355 e. The summed E-state index contributed by atoms with van der Waals surface area (Å²) in [4.78, 5) is 37.6. The van der Waals surface area contributed by atoms with Crippen LogP contribution in [0.2, 0.25) is 0 Å². The van der Waals surface area contributed by atoms with Gasteiger partial charge in [-0.3, -0.25) is 9.59 Å². The molecule has 0 bridgehead atoms. The lowest BCUT2D eigenvalue weighted by Gasteiger charge is -2.04. The van der Waals surface area contributed by atoms with E-state index in [0.29, 0.717) is 29.6 Å². The lowest BCUT2D eigenvalue weighted by molar-refractivity contribution is -0.140. The number of esters is 2. The van der Waals surface area contributed by atoms with E-state index in [1.807, 2.05) is 6.07 Å². The Morgan fingerprint density at radius 2 is 2.09 bits per heavy atom. The van der Waals surface area contributed by atoms with Crippen molar-refractivity contribution in [3.8, 4) is 0 Å². The average Bonchev–Trinajstić information content (AvgIpc) is 2.93. The molecule has 0 amide bonds. The van der Waals surface area contributed by atoms with Crippen molar-refractivity contribution < 1.29 is 23.9 Å². The second kappa shape index (κ2) is 7.58. The molecule has 1 heterocycles. The van der Waals surface area contributed by atoms with Crippen molar-refractivity contribution in [2.24, 2.45) is 0 Å². The third-order valence-electron chi connectivity index (χ3n) is 3.62. The molecule has 2 aromatic rings. The van der Waals surface area contributed by atoms with E-state index in [2.05, 4.69) is 9.72 Å². The number of carbonyl (C=O) groups is 3. The minimum absolute atomic E-state index is 0.260. The van der Waals surface area contributed by atoms with Crippen LogP contribution in [0.5, 0.6) is 0 Å². The van der Waals surface area contributed by atoms with E-state index in [0.717, 1.165) is 17.2 Å². The molecule has 1 aromatic heterocycles. The Labute approximate surface area is 133 Å². The van der Waals surface area contributed by atoms with Crippen molar-refractivity contribution in [3.63, 3.8) is 0 Å². The number of para-hydroxylation sites is 1. The lowest BCUT2D eigenvalue weighted by atomic mass is 10.0. The first kappa shape index (κ1) is 16.7. The number of fused-ring (bicyclic) bond motifs is 1. The highest BCUT2D eigenvalue weighted by molar-refractivity contribution is 6.03. The van der Waals surface area contributed by atoms with Crippen LogP contribution in [0.4, 0.5) is 0 Å². The van der Waals surface area contributed by atoms with Gasteiger partial charge in [-0.05, 0) is 31.4 Å². The van der Waals surface area contributed by atoms with Gasteiger partial charge >= 0.3 is 11.9 Å². The van der Waals surface area contributed by atoms with Gasteiger partial charge in [-0.25, -0.2) is 4.79 Å². The molecule has 0 aliphatic heterocycles. The molecule has 1 N–H and O–H groups in total. The predicted octanol–water partition coefficient (Wildman–Crippen LogP) is 2.65. The molecule has 0 fully saturated rings. The van der Waals surface area contributed by atoms with Gasteiger partial charge in [0.05, 0.1) is 19.2 Å². The first-order valence-electron chi connectivity index (χ1n) is 7.45. The molecule has 0 saturated carbocycles. The molecule has 23 heavy (non-hydrogen) atoms. The van der Waals surface area contributed by atoms with E-state index in [-0.39, 0.29) is 19.0 Å². The number of carbonyl (C=O) groups excluding carboxylic acids is 3. The second-order valence-electron chi connectivity index (χ2n) is 5.02. The van der Waals surface area contributed by atoms with Crippen LogP contribution in [-0.4, -0.2) is 36.9 Å². The number of aromatic amines is 1. The third kappa shape index (κ3) is 3.59. The van der Waals surface area contributed by atoms with Gasteiger partial charge in [0.15, 0.2) is 6.29 Å². The van der Waals surface area contributed by atoms with Crippen molar-refractivity contribution in [1.29, 1.82) is 0 Å². The van der Waals surface area contributed by atoms with Crippen LogP contribution in [0, 0.1) is 0 Å². The van der Waals surface area contributed by atoms with Crippen molar-refractivity contribution in [2.45, 2.75) is 26.2 Å². The summed E-state index contributed by atoms with van der Waals surface area (Å²) in [6, 6.07) is 5.28. The molecule has 0 spiro atoms. The van der Waals surface area contributed by atoms with E-state index in [4.69, 9.17) is 4.74 Å². The van der Waals surface area contributed by atoms with Crippen LogP contribution in [0.1, 0.15) is 46.2 Å². The van der Waals surface area contributed by atoms with Gasteiger partial charge in [-0.1, -0.05) is 12.1 Å². The second-order valence-corrected chi connectivity index (χ2v) is 5.02. The van der Waals surface area contributed by atoms with Crippen molar-refractivity contribution in [1.82, 2.24) is 4.98 Å². The van der Waals surface area contributed by atoms with Gasteiger partial charge in [-0.2, -0.15) is 0 Å². The summed E-state index contributed by atoms with van der Waals surface area (Å²) in [6.45, 7) is 1.99. The molecule has 2 rings (SSSR count). The zero-order chi connectivity index (χ0) is 16.8. The number of aryl methyl sites for hydroxylation is 1. The number of nitrogens with one attached hydrogen (secondary N) is 1. The molecular formula is C17H19NO5. The first-order chi connectivity index (χ1) is 11.1. The van der Waals surface area contributed by atoms with Crippen molar-refractivity contribution >= 4 is 29.1 Å². The Bertz CT molecular complexity index is 732. The number of rotatable bonds is 7. The summed E-state index contributed by atoms with van der Waals surface area (Å²) in [5.74, 6) is -0.760.